The highest BCUT2D eigenvalue weighted by molar-refractivity contribution is 9.10. The molecule has 1 saturated heterocycles. The van der Waals surface area contributed by atoms with Gasteiger partial charge in [-0.15, -0.1) is 0 Å². The first-order valence-electron chi connectivity index (χ1n) is 8.34. The van der Waals surface area contributed by atoms with Crippen LogP contribution in [-0.4, -0.2) is 39.1 Å². The molecule has 3 rings (SSSR count). The van der Waals surface area contributed by atoms with E-state index in [-0.39, 0.29) is 5.57 Å². The smallest absolute Gasteiger partial charge is 0.335 e. The molecule has 8 heteroatoms. The molecule has 0 aliphatic carbocycles. The Kier molecular flexibility index (Phi) is 5.51. The van der Waals surface area contributed by atoms with Crippen molar-refractivity contribution < 1.29 is 19.1 Å². The van der Waals surface area contributed by atoms with E-state index in [1.54, 1.807) is 36.4 Å². The zero-order valence-corrected chi connectivity index (χ0v) is 17.1. The fourth-order valence-corrected chi connectivity index (χ4v) is 3.52. The summed E-state index contributed by atoms with van der Waals surface area (Å²) in [5.74, 6) is -0.828. The number of hydrogen-bond donors (Lipinski definition) is 1. The molecular weight excluding hydrogens is 426 g/mol. The fraction of sp³-hybridized carbons (Fsp3) is 0.150. The second kappa shape index (κ2) is 7.85. The summed E-state index contributed by atoms with van der Waals surface area (Å²) in [7, 11) is 5.34. The van der Waals surface area contributed by atoms with E-state index in [9.17, 15) is 14.4 Å². The largest absolute Gasteiger partial charge is 0.497 e. The number of amides is 4. The first-order valence-corrected chi connectivity index (χ1v) is 9.13. The number of barbiturate groups is 1. The molecule has 4 amide bonds. The number of ether oxygens (including phenoxy) is 1. The van der Waals surface area contributed by atoms with Crippen molar-refractivity contribution in [2.24, 2.45) is 0 Å². The van der Waals surface area contributed by atoms with Gasteiger partial charge in [0.05, 0.1) is 18.5 Å². The molecule has 1 heterocycles. The first-order chi connectivity index (χ1) is 13.3. The van der Waals surface area contributed by atoms with Gasteiger partial charge in [0.15, 0.2) is 0 Å². The Bertz CT molecular complexity index is 983. The Morgan fingerprint density at radius 2 is 1.75 bits per heavy atom. The highest BCUT2D eigenvalue weighted by Gasteiger charge is 2.36. The Labute approximate surface area is 170 Å². The highest BCUT2D eigenvalue weighted by atomic mass is 79.9. The number of hydrogen-bond acceptors (Lipinski definition) is 5. The van der Waals surface area contributed by atoms with Gasteiger partial charge in [0.2, 0.25) is 0 Å². The number of rotatable bonds is 4. The Morgan fingerprint density at radius 3 is 2.32 bits per heavy atom. The van der Waals surface area contributed by atoms with E-state index in [1.165, 1.54) is 13.2 Å². The second-order valence-corrected chi connectivity index (χ2v) is 7.12. The van der Waals surface area contributed by atoms with Crippen LogP contribution in [0.2, 0.25) is 0 Å². The number of halogens is 1. The van der Waals surface area contributed by atoms with Gasteiger partial charge in [-0.1, -0.05) is 6.07 Å². The first kappa shape index (κ1) is 19.6. The molecule has 2 aromatic rings. The van der Waals surface area contributed by atoms with Crippen LogP contribution < -0.4 is 19.9 Å². The molecule has 0 aromatic heterocycles. The van der Waals surface area contributed by atoms with Crippen molar-refractivity contribution in [2.45, 2.75) is 0 Å². The van der Waals surface area contributed by atoms with Crippen molar-refractivity contribution in [1.29, 1.82) is 0 Å². The van der Waals surface area contributed by atoms with Crippen molar-refractivity contribution in [3.8, 4) is 5.75 Å². The minimum absolute atomic E-state index is 0.125. The van der Waals surface area contributed by atoms with Gasteiger partial charge in [-0.3, -0.25) is 14.9 Å². The van der Waals surface area contributed by atoms with Gasteiger partial charge in [0.1, 0.15) is 11.3 Å². The standard InChI is InChI=1S/C20H18BrN3O4/c1-23(2)17-9-4-12(11-16(17)21)10-15-18(25)22-20(27)24(19(15)26)13-5-7-14(28-3)8-6-13/h4-11H,1-3H3,(H,22,25,27)/b15-10-. The van der Waals surface area contributed by atoms with Crippen LogP contribution in [0.25, 0.3) is 6.08 Å². The lowest BCUT2D eigenvalue weighted by atomic mass is 10.1. The number of anilines is 2. The van der Waals surface area contributed by atoms with E-state index in [0.717, 1.165) is 15.1 Å². The Balaban J connectivity index is 1.97. The van der Waals surface area contributed by atoms with E-state index in [0.29, 0.717) is 17.0 Å². The van der Waals surface area contributed by atoms with Crippen LogP contribution in [0.5, 0.6) is 5.75 Å². The van der Waals surface area contributed by atoms with E-state index < -0.39 is 17.8 Å². The molecule has 0 atom stereocenters. The summed E-state index contributed by atoms with van der Waals surface area (Å²) in [5, 5.41) is 2.21. The zero-order valence-electron chi connectivity index (χ0n) is 15.5. The lowest BCUT2D eigenvalue weighted by molar-refractivity contribution is -0.122. The average molecular weight is 444 g/mol. The molecule has 1 N–H and O–H groups in total. The molecule has 1 aliphatic rings. The van der Waals surface area contributed by atoms with Gasteiger partial charge < -0.3 is 9.64 Å². The normalized spacial score (nSPS) is 15.6. The van der Waals surface area contributed by atoms with Crippen LogP contribution >= 0.6 is 15.9 Å². The molecule has 0 spiro atoms. The minimum atomic E-state index is -0.790. The lowest BCUT2D eigenvalue weighted by Crippen LogP contribution is -2.54. The maximum atomic E-state index is 12.9. The molecule has 0 radical (unpaired) electrons. The minimum Gasteiger partial charge on any atom is -0.497 e. The van der Waals surface area contributed by atoms with Gasteiger partial charge in [0, 0.05) is 18.6 Å². The number of carbonyl (C=O) groups is 3. The van der Waals surface area contributed by atoms with Crippen LogP contribution in [0.3, 0.4) is 0 Å². The Morgan fingerprint density at radius 1 is 1.07 bits per heavy atom. The van der Waals surface area contributed by atoms with Crippen LogP contribution in [0, 0.1) is 0 Å². The molecule has 2 aromatic carbocycles. The van der Waals surface area contributed by atoms with Crippen LogP contribution in [-0.2, 0) is 9.59 Å². The predicted molar refractivity (Wildman–Crippen MR) is 110 cm³/mol. The molecule has 1 fully saturated rings. The summed E-state index contributed by atoms with van der Waals surface area (Å²) in [5.41, 5.74) is 1.82. The maximum absolute atomic E-state index is 12.9. The number of carbonyl (C=O) groups excluding carboxylic acids is 3. The summed E-state index contributed by atoms with van der Waals surface area (Å²) in [6.07, 6.45) is 1.46. The number of nitrogens with one attached hydrogen (secondary N) is 1. The second-order valence-electron chi connectivity index (χ2n) is 6.26. The van der Waals surface area contributed by atoms with E-state index >= 15 is 0 Å². The number of nitrogens with zero attached hydrogens (tertiary/aromatic N) is 2. The third kappa shape index (κ3) is 3.77. The van der Waals surface area contributed by atoms with Gasteiger partial charge in [-0.2, -0.15) is 0 Å². The number of methoxy groups -OCH3 is 1. The quantitative estimate of drug-likeness (QED) is 0.579. The Hall–Kier alpha value is -3.13. The molecule has 0 bridgehead atoms. The highest BCUT2D eigenvalue weighted by Crippen LogP contribution is 2.28. The molecule has 7 nitrogen and oxygen atoms in total. The third-order valence-electron chi connectivity index (χ3n) is 4.20. The van der Waals surface area contributed by atoms with Crippen LogP contribution in [0.4, 0.5) is 16.2 Å². The third-order valence-corrected chi connectivity index (χ3v) is 4.83. The fourth-order valence-electron chi connectivity index (χ4n) is 2.77. The lowest BCUT2D eigenvalue weighted by Gasteiger charge is -2.26. The van der Waals surface area contributed by atoms with Gasteiger partial charge in [-0.25, -0.2) is 9.69 Å². The number of benzene rings is 2. The van der Waals surface area contributed by atoms with Crippen LogP contribution in [0.1, 0.15) is 5.56 Å². The van der Waals surface area contributed by atoms with Crippen molar-refractivity contribution in [3.05, 3.63) is 58.1 Å². The summed E-state index contributed by atoms with van der Waals surface area (Å²) in [6.45, 7) is 0. The van der Waals surface area contributed by atoms with E-state index in [2.05, 4.69) is 21.2 Å². The summed E-state index contributed by atoms with van der Waals surface area (Å²) in [6, 6.07) is 11.1. The van der Waals surface area contributed by atoms with Crippen molar-refractivity contribution >= 4 is 51.2 Å². The average Bonchev–Trinajstić information content (AvgIpc) is 2.65. The summed E-state index contributed by atoms with van der Waals surface area (Å²) >= 11 is 3.48. The van der Waals surface area contributed by atoms with Gasteiger partial charge in [0.25, 0.3) is 11.8 Å². The van der Waals surface area contributed by atoms with Crippen molar-refractivity contribution in [1.82, 2.24) is 5.32 Å². The maximum Gasteiger partial charge on any atom is 0.335 e. The van der Waals surface area contributed by atoms with E-state index in [1.807, 2.05) is 25.1 Å². The predicted octanol–water partition coefficient (Wildman–Crippen LogP) is 3.19. The van der Waals surface area contributed by atoms with Crippen molar-refractivity contribution in [3.63, 3.8) is 0 Å². The van der Waals surface area contributed by atoms with Gasteiger partial charge >= 0.3 is 6.03 Å². The monoisotopic (exact) mass is 443 g/mol. The number of imide groups is 2. The summed E-state index contributed by atoms with van der Waals surface area (Å²) in [4.78, 5) is 40.3. The molecule has 0 saturated carbocycles. The summed E-state index contributed by atoms with van der Waals surface area (Å²) < 4.78 is 5.91. The van der Waals surface area contributed by atoms with Crippen molar-refractivity contribution in [2.75, 3.05) is 31.0 Å². The topological polar surface area (TPSA) is 79.0 Å². The van der Waals surface area contributed by atoms with E-state index in [4.69, 9.17) is 4.74 Å². The zero-order chi connectivity index (χ0) is 20.4. The molecule has 0 unspecified atom stereocenters. The molecule has 144 valence electrons. The van der Waals surface area contributed by atoms with Gasteiger partial charge in [-0.05, 0) is 64.0 Å². The number of urea groups is 1. The molecular formula is C20H18BrN3O4. The van der Waals surface area contributed by atoms with Crippen LogP contribution in [0.15, 0.2) is 52.5 Å². The molecule has 28 heavy (non-hydrogen) atoms. The SMILES string of the molecule is COc1ccc(N2C(=O)NC(=O)/C(=C/c3ccc(N(C)C)c(Br)c3)C2=O)cc1. The molecule has 1 aliphatic heterocycles.